The first kappa shape index (κ1) is 14.4. The highest BCUT2D eigenvalue weighted by Crippen LogP contribution is 2.23. The Labute approximate surface area is 118 Å². The summed E-state index contributed by atoms with van der Waals surface area (Å²) >= 11 is -2.23. The highest BCUT2D eigenvalue weighted by molar-refractivity contribution is 7.80. The van der Waals surface area contributed by atoms with Gasteiger partial charge in [0.25, 0.3) is 11.3 Å². The number of rotatable bonds is 4. The van der Waals surface area contributed by atoms with Gasteiger partial charge in [-0.05, 0) is 36.4 Å². The van der Waals surface area contributed by atoms with Crippen LogP contribution >= 0.6 is 0 Å². The first-order valence-electron chi connectivity index (χ1n) is 5.74. The van der Waals surface area contributed by atoms with Gasteiger partial charge in [0.05, 0.1) is 5.69 Å². The third-order valence-corrected chi connectivity index (χ3v) is 3.49. The Balaban J connectivity index is 2.45. The number of carbonyl (C=O) groups excluding carboxylic acids is 1. The van der Waals surface area contributed by atoms with Crippen molar-refractivity contribution in [2.24, 2.45) is 0 Å². The minimum Gasteiger partial charge on any atom is -0.289 e. The van der Waals surface area contributed by atoms with Crippen molar-refractivity contribution in [1.29, 1.82) is 0 Å². The van der Waals surface area contributed by atoms with Crippen LogP contribution in [0, 0.1) is 5.82 Å². The number of hydrogen-bond acceptors (Lipinski definition) is 2. The lowest BCUT2D eigenvalue weighted by atomic mass is 10.0. The summed E-state index contributed by atoms with van der Waals surface area (Å²) in [6.07, 6.45) is 0. The average Bonchev–Trinajstić information content (AvgIpc) is 2.46. The number of benzene rings is 2. The van der Waals surface area contributed by atoms with Gasteiger partial charge in [0.15, 0.2) is 5.78 Å². The number of carbonyl (C=O) groups is 1. The molecule has 2 aromatic rings. The smallest absolute Gasteiger partial charge is 0.261 e. The van der Waals surface area contributed by atoms with Gasteiger partial charge in [-0.1, -0.05) is 12.1 Å². The minimum atomic E-state index is -2.23. The molecule has 0 aliphatic rings. The van der Waals surface area contributed by atoms with Crippen LogP contribution in [0.4, 0.5) is 10.1 Å². The Bertz CT molecular complexity index is 658. The molecular weight excluding hydrogens is 281 g/mol. The SMILES string of the molecule is CN(c1ccccc1C(=O)c1ccc(F)cc1)S(=O)O. The molecule has 6 heteroatoms. The number of hydrogen-bond donors (Lipinski definition) is 1. The Morgan fingerprint density at radius 1 is 1.15 bits per heavy atom. The molecule has 0 fully saturated rings. The maximum Gasteiger partial charge on any atom is 0.261 e. The molecule has 0 radical (unpaired) electrons. The molecule has 0 aromatic heterocycles. The zero-order valence-electron chi connectivity index (χ0n) is 10.6. The van der Waals surface area contributed by atoms with E-state index in [0.29, 0.717) is 11.3 Å². The summed E-state index contributed by atoms with van der Waals surface area (Å²) in [6, 6.07) is 11.6. The van der Waals surface area contributed by atoms with Crippen molar-refractivity contribution in [3.63, 3.8) is 0 Å². The molecule has 0 aliphatic heterocycles. The van der Waals surface area contributed by atoms with Crippen molar-refractivity contribution in [3.8, 4) is 0 Å². The molecule has 0 saturated carbocycles. The lowest BCUT2D eigenvalue weighted by Crippen LogP contribution is -2.21. The molecule has 0 aliphatic carbocycles. The lowest BCUT2D eigenvalue weighted by molar-refractivity contribution is 0.103. The third-order valence-electron chi connectivity index (χ3n) is 2.83. The van der Waals surface area contributed by atoms with Crippen LogP contribution in [0.25, 0.3) is 0 Å². The standard InChI is InChI=1S/C14H12FNO3S/c1-16(20(18)19)13-5-3-2-4-12(13)14(17)10-6-8-11(15)9-7-10/h2-9H,1H3,(H,18,19). The van der Waals surface area contributed by atoms with Gasteiger partial charge in [0, 0.05) is 18.2 Å². The number of para-hydroxylation sites is 1. The Morgan fingerprint density at radius 2 is 1.75 bits per heavy atom. The molecule has 0 spiro atoms. The van der Waals surface area contributed by atoms with Crippen LogP contribution in [0.15, 0.2) is 48.5 Å². The van der Waals surface area contributed by atoms with Gasteiger partial charge in [0.2, 0.25) is 0 Å². The van der Waals surface area contributed by atoms with E-state index in [-0.39, 0.29) is 11.3 Å². The van der Waals surface area contributed by atoms with Crippen molar-refractivity contribution in [1.82, 2.24) is 0 Å². The lowest BCUT2D eigenvalue weighted by Gasteiger charge is -2.17. The van der Waals surface area contributed by atoms with Crippen molar-refractivity contribution in [3.05, 3.63) is 65.5 Å². The second-order valence-corrected chi connectivity index (χ2v) is 5.09. The predicted octanol–water partition coefficient (Wildman–Crippen LogP) is 2.63. The molecule has 104 valence electrons. The number of ketones is 1. The summed E-state index contributed by atoms with van der Waals surface area (Å²) in [6.45, 7) is 0. The first-order chi connectivity index (χ1) is 9.50. The first-order valence-corrected chi connectivity index (χ1v) is 6.81. The molecule has 1 unspecified atom stereocenters. The molecule has 0 bridgehead atoms. The van der Waals surface area contributed by atoms with Crippen LogP contribution in [0.3, 0.4) is 0 Å². The van der Waals surface area contributed by atoms with Crippen LogP contribution in [0.2, 0.25) is 0 Å². The predicted molar refractivity (Wildman–Crippen MR) is 75.4 cm³/mol. The van der Waals surface area contributed by atoms with E-state index in [1.807, 2.05) is 0 Å². The summed E-state index contributed by atoms with van der Waals surface area (Å²) < 4.78 is 34.2. The number of halogens is 1. The molecule has 0 heterocycles. The van der Waals surface area contributed by atoms with Crippen molar-refractivity contribution in [2.75, 3.05) is 11.4 Å². The summed E-state index contributed by atoms with van der Waals surface area (Å²) in [5.74, 6) is -0.763. The van der Waals surface area contributed by atoms with Crippen LogP contribution in [-0.4, -0.2) is 21.6 Å². The van der Waals surface area contributed by atoms with Gasteiger partial charge in [-0.25, -0.2) is 8.60 Å². The van der Waals surface area contributed by atoms with Crippen LogP contribution < -0.4 is 4.31 Å². The summed E-state index contributed by atoms with van der Waals surface area (Å²) in [5.41, 5.74) is 0.933. The second-order valence-electron chi connectivity index (χ2n) is 4.08. The van der Waals surface area contributed by atoms with Crippen LogP contribution in [0.1, 0.15) is 15.9 Å². The van der Waals surface area contributed by atoms with Gasteiger partial charge in [-0.2, -0.15) is 0 Å². The average molecular weight is 293 g/mol. The maximum absolute atomic E-state index is 12.9. The van der Waals surface area contributed by atoms with E-state index in [1.165, 1.54) is 31.3 Å². The molecular formula is C14H12FNO3S. The van der Waals surface area contributed by atoms with E-state index in [9.17, 15) is 13.4 Å². The third kappa shape index (κ3) is 2.92. The Hall–Kier alpha value is -2.05. The molecule has 0 amide bonds. The van der Waals surface area contributed by atoms with E-state index in [1.54, 1.807) is 24.3 Å². The molecule has 2 aromatic carbocycles. The Kier molecular flexibility index (Phi) is 4.26. The van der Waals surface area contributed by atoms with E-state index in [4.69, 9.17) is 4.55 Å². The van der Waals surface area contributed by atoms with Gasteiger partial charge >= 0.3 is 0 Å². The molecule has 4 nitrogen and oxygen atoms in total. The summed E-state index contributed by atoms with van der Waals surface area (Å²) in [4.78, 5) is 12.4. The number of nitrogens with zero attached hydrogens (tertiary/aromatic N) is 1. The van der Waals surface area contributed by atoms with E-state index in [0.717, 1.165) is 4.31 Å². The van der Waals surface area contributed by atoms with Gasteiger partial charge in [0.1, 0.15) is 5.82 Å². The largest absolute Gasteiger partial charge is 0.289 e. The van der Waals surface area contributed by atoms with Crippen LogP contribution in [-0.2, 0) is 11.3 Å². The van der Waals surface area contributed by atoms with Gasteiger partial charge in [-0.15, -0.1) is 0 Å². The number of anilines is 1. The summed E-state index contributed by atoms with van der Waals surface area (Å²) in [7, 11) is 1.41. The van der Waals surface area contributed by atoms with Crippen molar-refractivity contribution in [2.45, 2.75) is 0 Å². The fourth-order valence-electron chi connectivity index (χ4n) is 1.78. The maximum atomic E-state index is 12.9. The fraction of sp³-hybridized carbons (Fsp3) is 0.0714. The normalized spacial score (nSPS) is 11.9. The molecule has 1 N–H and O–H groups in total. The van der Waals surface area contributed by atoms with E-state index in [2.05, 4.69) is 0 Å². The van der Waals surface area contributed by atoms with E-state index < -0.39 is 17.1 Å². The zero-order valence-corrected chi connectivity index (χ0v) is 11.4. The quantitative estimate of drug-likeness (QED) is 0.696. The molecule has 0 saturated heterocycles. The van der Waals surface area contributed by atoms with E-state index >= 15 is 0 Å². The fourth-order valence-corrected chi connectivity index (χ4v) is 2.11. The summed E-state index contributed by atoms with van der Waals surface area (Å²) in [5, 5.41) is 0. The van der Waals surface area contributed by atoms with Gasteiger partial charge in [-0.3, -0.25) is 13.7 Å². The van der Waals surface area contributed by atoms with Crippen molar-refractivity contribution >= 4 is 22.7 Å². The highest BCUT2D eigenvalue weighted by Gasteiger charge is 2.17. The second kappa shape index (κ2) is 5.94. The molecule has 20 heavy (non-hydrogen) atoms. The minimum absolute atomic E-state index is 0.281. The zero-order chi connectivity index (χ0) is 14.7. The van der Waals surface area contributed by atoms with Crippen molar-refractivity contribution < 1.29 is 17.9 Å². The molecule has 2 rings (SSSR count). The highest BCUT2D eigenvalue weighted by atomic mass is 32.2. The topological polar surface area (TPSA) is 57.6 Å². The van der Waals surface area contributed by atoms with Crippen LogP contribution in [0.5, 0.6) is 0 Å². The Morgan fingerprint density at radius 3 is 2.35 bits per heavy atom. The monoisotopic (exact) mass is 293 g/mol. The molecule has 1 atom stereocenters. The van der Waals surface area contributed by atoms with Gasteiger partial charge < -0.3 is 0 Å².